The number of alkyl halides is 1. The lowest BCUT2D eigenvalue weighted by Crippen LogP contribution is -2.38. The maximum Gasteiger partial charge on any atom is 0.251 e. The molecule has 0 aliphatic rings. The first kappa shape index (κ1) is 16.2. The van der Waals surface area contributed by atoms with Crippen LogP contribution in [0.3, 0.4) is 0 Å². The van der Waals surface area contributed by atoms with Crippen molar-refractivity contribution < 1.29 is 4.79 Å². The standard InChI is InChI=1S/C16H24BrNO/c1-5-16(6-2,10-17)11-18-15(19)14-9-7-8-12(3)13(14)4/h7-9H,5-6,10-11H2,1-4H3,(H,18,19). The molecule has 1 rings (SSSR count). The van der Waals surface area contributed by atoms with Crippen molar-refractivity contribution >= 4 is 21.8 Å². The number of nitrogens with one attached hydrogen (secondary N) is 1. The van der Waals surface area contributed by atoms with Gasteiger partial charge in [-0.1, -0.05) is 41.9 Å². The third kappa shape index (κ3) is 3.82. The summed E-state index contributed by atoms with van der Waals surface area (Å²) in [7, 11) is 0. The Morgan fingerprint density at radius 3 is 2.42 bits per heavy atom. The molecule has 0 radical (unpaired) electrons. The normalized spacial score (nSPS) is 11.4. The van der Waals surface area contributed by atoms with Gasteiger partial charge in [-0.15, -0.1) is 0 Å². The smallest absolute Gasteiger partial charge is 0.251 e. The van der Waals surface area contributed by atoms with Crippen LogP contribution in [0, 0.1) is 19.3 Å². The van der Waals surface area contributed by atoms with Crippen molar-refractivity contribution in [3.63, 3.8) is 0 Å². The number of hydrogen-bond acceptors (Lipinski definition) is 1. The van der Waals surface area contributed by atoms with Crippen molar-refractivity contribution in [2.24, 2.45) is 5.41 Å². The Labute approximate surface area is 125 Å². The van der Waals surface area contributed by atoms with Crippen LogP contribution in [-0.4, -0.2) is 17.8 Å². The molecular weight excluding hydrogens is 302 g/mol. The highest BCUT2D eigenvalue weighted by Gasteiger charge is 2.25. The molecule has 0 aromatic heterocycles. The number of carbonyl (C=O) groups is 1. The fourth-order valence-corrected chi connectivity index (χ4v) is 3.09. The predicted molar refractivity (Wildman–Crippen MR) is 85.1 cm³/mol. The van der Waals surface area contributed by atoms with E-state index in [1.807, 2.05) is 32.0 Å². The summed E-state index contributed by atoms with van der Waals surface area (Å²) < 4.78 is 0. The van der Waals surface area contributed by atoms with Gasteiger partial charge in [0.15, 0.2) is 0 Å². The Bertz CT molecular complexity index is 430. The van der Waals surface area contributed by atoms with E-state index in [0.29, 0.717) is 0 Å². The highest BCUT2D eigenvalue weighted by Crippen LogP contribution is 2.28. The maximum absolute atomic E-state index is 12.3. The molecule has 0 heterocycles. The zero-order valence-corrected chi connectivity index (χ0v) is 13.9. The van der Waals surface area contributed by atoms with Gasteiger partial charge in [-0.3, -0.25) is 4.79 Å². The third-order valence-corrected chi connectivity index (χ3v) is 5.45. The molecule has 1 aromatic rings. The first-order valence-electron chi connectivity index (χ1n) is 6.90. The van der Waals surface area contributed by atoms with Gasteiger partial charge < -0.3 is 5.32 Å². The fourth-order valence-electron chi connectivity index (χ4n) is 2.10. The van der Waals surface area contributed by atoms with Crippen LogP contribution in [0.2, 0.25) is 0 Å². The Balaban J connectivity index is 2.78. The number of hydrogen-bond donors (Lipinski definition) is 1. The van der Waals surface area contributed by atoms with Gasteiger partial charge in [-0.25, -0.2) is 0 Å². The van der Waals surface area contributed by atoms with E-state index in [1.54, 1.807) is 0 Å². The second-order valence-corrected chi connectivity index (χ2v) is 5.83. The van der Waals surface area contributed by atoms with E-state index in [9.17, 15) is 4.79 Å². The van der Waals surface area contributed by atoms with Crippen molar-refractivity contribution in [2.75, 3.05) is 11.9 Å². The summed E-state index contributed by atoms with van der Waals surface area (Å²) >= 11 is 3.57. The zero-order valence-electron chi connectivity index (χ0n) is 12.3. The Morgan fingerprint density at radius 2 is 1.89 bits per heavy atom. The summed E-state index contributed by atoms with van der Waals surface area (Å²) in [6.07, 6.45) is 2.11. The number of rotatable bonds is 6. The molecule has 0 bridgehead atoms. The molecule has 0 aliphatic heterocycles. The molecule has 1 N–H and O–H groups in total. The Hall–Kier alpha value is -0.830. The van der Waals surface area contributed by atoms with Gasteiger partial charge >= 0.3 is 0 Å². The van der Waals surface area contributed by atoms with Gasteiger partial charge in [0.05, 0.1) is 0 Å². The second-order valence-electron chi connectivity index (χ2n) is 5.27. The van der Waals surface area contributed by atoms with Gasteiger partial charge in [0.25, 0.3) is 5.91 Å². The molecule has 0 fully saturated rings. The highest BCUT2D eigenvalue weighted by atomic mass is 79.9. The molecule has 0 saturated carbocycles. The van der Waals surface area contributed by atoms with Crippen LogP contribution in [0.15, 0.2) is 18.2 Å². The predicted octanol–water partition coefficient (Wildman–Crippen LogP) is 4.23. The molecule has 0 atom stereocenters. The van der Waals surface area contributed by atoms with Crippen molar-refractivity contribution in [1.82, 2.24) is 5.32 Å². The lowest BCUT2D eigenvalue weighted by Gasteiger charge is -2.29. The van der Waals surface area contributed by atoms with E-state index < -0.39 is 0 Å². The minimum Gasteiger partial charge on any atom is -0.351 e. The molecule has 1 aromatic carbocycles. The fraction of sp³-hybridized carbons (Fsp3) is 0.562. The van der Waals surface area contributed by atoms with Gasteiger partial charge in [-0.2, -0.15) is 0 Å². The van der Waals surface area contributed by atoms with Crippen LogP contribution in [0.25, 0.3) is 0 Å². The third-order valence-electron chi connectivity index (χ3n) is 4.26. The summed E-state index contributed by atoms with van der Waals surface area (Å²) in [4.78, 5) is 12.3. The summed E-state index contributed by atoms with van der Waals surface area (Å²) in [6.45, 7) is 9.11. The van der Waals surface area contributed by atoms with Gasteiger partial charge in [0, 0.05) is 17.4 Å². The molecular formula is C16H24BrNO. The first-order chi connectivity index (χ1) is 8.99. The van der Waals surface area contributed by atoms with Crippen LogP contribution in [0.5, 0.6) is 0 Å². The summed E-state index contributed by atoms with van der Waals surface area (Å²) in [5.74, 6) is 0.0356. The molecule has 106 valence electrons. The number of benzene rings is 1. The van der Waals surface area contributed by atoms with Crippen LogP contribution >= 0.6 is 15.9 Å². The van der Waals surface area contributed by atoms with E-state index >= 15 is 0 Å². The number of halogens is 1. The lowest BCUT2D eigenvalue weighted by atomic mass is 9.84. The minimum atomic E-state index is 0.0356. The van der Waals surface area contributed by atoms with Gasteiger partial charge in [0.2, 0.25) is 0 Å². The van der Waals surface area contributed by atoms with E-state index in [2.05, 4.69) is 35.1 Å². The lowest BCUT2D eigenvalue weighted by molar-refractivity contribution is 0.0931. The molecule has 19 heavy (non-hydrogen) atoms. The average Bonchev–Trinajstić information content (AvgIpc) is 2.44. The SMILES string of the molecule is CCC(CC)(CBr)CNC(=O)c1cccc(C)c1C. The molecule has 3 heteroatoms. The van der Waals surface area contributed by atoms with E-state index in [-0.39, 0.29) is 11.3 Å². The summed E-state index contributed by atoms with van der Waals surface area (Å²) in [5, 5.41) is 4.01. The van der Waals surface area contributed by atoms with Gasteiger partial charge in [-0.05, 0) is 49.3 Å². The molecule has 1 amide bonds. The minimum absolute atomic E-state index is 0.0356. The molecule has 0 aliphatic carbocycles. The van der Waals surface area contributed by atoms with E-state index in [4.69, 9.17) is 0 Å². The quantitative estimate of drug-likeness (QED) is 0.779. The summed E-state index contributed by atoms with van der Waals surface area (Å²) in [6, 6.07) is 5.87. The van der Waals surface area contributed by atoms with Crippen LogP contribution in [-0.2, 0) is 0 Å². The monoisotopic (exact) mass is 325 g/mol. The number of amides is 1. The average molecular weight is 326 g/mol. The van der Waals surface area contributed by atoms with E-state index in [1.165, 1.54) is 0 Å². The summed E-state index contributed by atoms with van der Waals surface area (Å²) in [5.41, 5.74) is 3.17. The van der Waals surface area contributed by atoms with Gasteiger partial charge in [0.1, 0.15) is 0 Å². The Morgan fingerprint density at radius 1 is 1.26 bits per heavy atom. The van der Waals surface area contributed by atoms with Crippen molar-refractivity contribution in [2.45, 2.75) is 40.5 Å². The largest absolute Gasteiger partial charge is 0.351 e. The van der Waals surface area contributed by atoms with Crippen LogP contribution in [0.4, 0.5) is 0 Å². The molecule has 0 unspecified atom stereocenters. The highest BCUT2D eigenvalue weighted by molar-refractivity contribution is 9.09. The van der Waals surface area contributed by atoms with Crippen molar-refractivity contribution in [3.8, 4) is 0 Å². The van der Waals surface area contributed by atoms with Crippen LogP contribution < -0.4 is 5.32 Å². The second kappa shape index (κ2) is 7.09. The van der Waals surface area contributed by atoms with Crippen molar-refractivity contribution in [1.29, 1.82) is 0 Å². The van der Waals surface area contributed by atoms with E-state index in [0.717, 1.165) is 41.4 Å². The Kier molecular flexibility index (Phi) is 6.05. The first-order valence-corrected chi connectivity index (χ1v) is 8.02. The topological polar surface area (TPSA) is 29.1 Å². The molecule has 0 saturated heterocycles. The zero-order chi connectivity index (χ0) is 14.5. The maximum atomic E-state index is 12.3. The van der Waals surface area contributed by atoms with Crippen molar-refractivity contribution in [3.05, 3.63) is 34.9 Å². The molecule has 0 spiro atoms. The molecule has 2 nitrogen and oxygen atoms in total. The number of aryl methyl sites for hydroxylation is 1. The number of carbonyl (C=O) groups excluding carboxylic acids is 1. The van der Waals surface area contributed by atoms with Crippen LogP contribution in [0.1, 0.15) is 48.2 Å².